The van der Waals surface area contributed by atoms with Crippen molar-refractivity contribution in [2.75, 3.05) is 10.6 Å². The van der Waals surface area contributed by atoms with Crippen LogP contribution in [0.1, 0.15) is 11.5 Å². The van der Waals surface area contributed by atoms with E-state index in [1.165, 1.54) is 36.4 Å². The first-order valence-corrected chi connectivity index (χ1v) is 14.0. The number of hydrogen-bond donors (Lipinski definition) is 4. The number of sulfonamides is 1. The second-order valence-corrected chi connectivity index (χ2v) is 12.0. The Kier molecular flexibility index (Phi) is 7.04. The molecule has 0 unspecified atom stereocenters. The molecule has 5 rings (SSSR count). The number of hydrogen-bond acceptors (Lipinski definition) is 8. The summed E-state index contributed by atoms with van der Waals surface area (Å²) in [7, 11) is -4.09. The maximum atomic E-state index is 13.2. The molecule has 0 radical (unpaired) electrons. The van der Waals surface area contributed by atoms with Crippen LogP contribution in [0.5, 0.6) is 0 Å². The number of aryl methyl sites for hydroxylation is 1. The van der Waals surface area contributed by atoms with Gasteiger partial charge in [-0.3, -0.25) is 4.79 Å². The number of nitrogens with one attached hydrogen (secondary N) is 4. The zero-order chi connectivity index (χ0) is 27.7. The second kappa shape index (κ2) is 10.4. The smallest absolute Gasteiger partial charge is 0.333 e. The van der Waals surface area contributed by atoms with Crippen LogP contribution in [0.2, 0.25) is 4.34 Å². The third kappa shape index (κ3) is 5.74. The van der Waals surface area contributed by atoms with Gasteiger partial charge in [0.1, 0.15) is 15.7 Å². The molecule has 0 aliphatic carbocycles. The monoisotopic (exact) mass is 585 g/mol. The molecule has 0 aliphatic rings. The van der Waals surface area contributed by atoms with Gasteiger partial charge in [-0.15, -0.1) is 11.3 Å². The van der Waals surface area contributed by atoms with Gasteiger partial charge >= 0.3 is 11.7 Å². The summed E-state index contributed by atoms with van der Waals surface area (Å²) >= 11 is 6.58. The van der Waals surface area contributed by atoms with Gasteiger partial charge in [-0.25, -0.2) is 27.3 Å². The van der Waals surface area contributed by atoms with Crippen molar-refractivity contribution in [3.8, 4) is 5.69 Å². The molecule has 11 nitrogen and oxygen atoms in total. The molecule has 0 fully saturated rings. The van der Waals surface area contributed by atoms with E-state index in [0.717, 1.165) is 27.4 Å². The number of benzene rings is 2. The number of furan rings is 1. The van der Waals surface area contributed by atoms with Crippen molar-refractivity contribution < 1.29 is 17.6 Å². The van der Waals surface area contributed by atoms with Gasteiger partial charge in [0.15, 0.2) is 0 Å². The zero-order valence-corrected chi connectivity index (χ0v) is 22.5. The Labute approximate surface area is 230 Å². The van der Waals surface area contributed by atoms with Crippen LogP contribution in [0.3, 0.4) is 0 Å². The number of carbonyl (C=O) groups is 1. The van der Waals surface area contributed by atoms with E-state index in [0.29, 0.717) is 23.1 Å². The van der Waals surface area contributed by atoms with Crippen molar-refractivity contribution >= 4 is 61.3 Å². The first-order chi connectivity index (χ1) is 18.6. The molecule has 2 aromatic carbocycles. The molecule has 3 aromatic heterocycles. The predicted octanol–water partition coefficient (Wildman–Crippen LogP) is 4.42. The molecule has 2 amide bonds. The second-order valence-electron chi connectivity index (χ2n) is 8.36. The molecule has 0 aliphatic heterocycles. The molecule has 0 atom stereocenters. The van der Waals surface area contributed by atoms with Crippen LogP contribution in [0.15, 0.2) is 84.9 Å². The first-order valence-electron chi connectivity index (χ1n) is 11.4. The SMILES string of the molecule is Cc1ccc(CNc2ccc3c(=O)n(-c4ccc(NC(=O)NS(=O)(=O)c5ccc(Cl)s5)cc4)c(=O)[nH]c3c2)o1. The number of aromatic amines is 1. The third-order valence-electron chi connectivity index (χ3n) is 5.58. The Balaban J connectivity index is 1.32. The highest BCUT2D eigenvalue weighted by Crippen LogP contribution is 2.25. The zero-order valence-electron chi connectivity index (χ0n) is 20.1. The average molecular weight is 586 g/mol. The van der Waals surface area contributed by atoms with Crippen molar-refractivity contribution in [1.82, 2.24) is 14.3 Å². The highest BCUT2D eigenvalue weighted by atomic mass is 35.5. The summed E-state index contributed by atoms with van der Waals surface area (Å²) in [5.74, 6) is 1.55. The van der Waals surface area contributed by atoms with E-state index >= 15 is 0 Å². The molecule has 4 N–H and O–H groups in total. The summed E-state index contributed by atoms with van der Waals surface area (Å²) in [4.78, 5) is 40.9. The lowest BCUT2D eigenvalue weighted by Gasteiger charge is -2.10. The molecule has 14 heteroatoms. The Hall–Kier alpha value is -4.33. The van der Waals surface area contributed by atoms with Gasteiger partial charge in [-0.1, -0.05) is 11.6 Å². The van der Waals surface area contributed by atoms with Crippen LogP contribution in [0, 0.1) is 6.92 Å². The van der Waals surface area contributed by atoms with E-state index in [4.69, 9.17) is 16.0 Å². The molecule has 0 spiro atoms. The molecule has 0 bridgehead atoms. The van der Waals surface area contributed by atoms with E-state index in [9.17, 15) is 22.8 Å². The lowest BCUT2D eigenvalue weighted by atomic mass is 10.2. The maximum absolute atomic E-state index is 13.2. The van der Waals surface area contributed by atoms with Crippen LogP contribution in [0.4, 0.5) is 16.2 Å². The van der Waals surface area contributed by atoms with Gasteiger partial charge in [0, 0.05) is 11.4 Å². The fraction of sp³-hybridized carbons (Fsp3) is 0.0800. The number of nitrogens with zero attached hydrogens (tertiary/aromatic N) is 1. The Bertz CT molecular complexity index is 1920. The highest BCUT2D eigenvalue weighted by molar-refractivity contribution is 7.92. The number of aromatic nitrogens is 2. The van der Waals surface area contributed by atoms with Crippen LogP contribution in [-0.2, 0) is 16.6 Å². The topological polar surface area (TPSA) is 155 Å². The largest absolute Gasteiger partial charge is 0.465 e. The van der Waals surface area contributed by atoms with Crippen molar-refractivity contribution in [2.24, 2.45) is 0 Å². The highest BCUT2D eigenvalue weighted by Gasteiger charge is 2.20. The Morgan fingerprint density at radius 2 is 1.77 bits per heavy atom. The minimum absolute atomic E-state index is 0.108. The van der Waals surface area contributed by atoms with Gasteiger partial charge in [0.2, 0.25) is 0 Å². The number of thiophene rings is 1. The molecule has 3 heterocycles. The molecular weight excluding hydrogens is 566 g/mol. The number of rotatable bonds is 7. The maximum Gasteiger partial charge on any atom is 0.333 e. The van der Waals surface area contributed by atoms with Gasteiger partial charge in [0.05, 0.1) is 27.5 Å². The molecule has 0 saturated heterocycles. The van der Waals surface area contributed by atoms with Crippen molar-refractivity contribution in [3.63, 3.8) is 0 Å². The lowest BCUT2D eigenvalue weighted by Crippen LogP contribution is -2.34. The van der Waals surface area contributed by atoms with Crippen molar-refractivity contribution in [3.05, 3.63) is 103 Å². The van der Waals surface area contributed by atoms with Crippen molar-refractivity contribution in [2.45, 2.75) is 17.7 Å². The Morgan fingerprint density at radius 3 is 2.44 bits per heavy atom. The van der Waals surface area contributed by atoms with E-state index < -0.39 is 27.3 Å². The molecule has 5 aromatic rings. The van der Waals surface area contributed by atoms with Crippen LogP contribution in [-0.4, -0.2) is 24.0 Å². The van der Waals surface area contributed by atoms with E-state index in [-0.39, 0.29) is 19.9 Å². The molecule has 39 heavy (non-hydrogen) atoms. The predicted molar refractivity (Wildman–Crippen MR) is 150 cm³/mol. The summed E-state index contributed by atoms with van der Waals surface area (Å²) in [5.41, 5.74) is 0.382. The van der Waals surface area contributed by atoms with Crippen LogP contribution < -0.4 is 26.6 Å². The van der Waals surface area contributed by atoms with E-state index in [2.05, 4.69) is 15.6 Å². The van der Waals surface area contributed by atoms with Crippen LogP contribution >= 0.6 is 22.9 Å². The first kappa shape index (κ1) is 26.3. The number of amides is 2. The minimum Gasteiger partial charge on any atom is -0.465 e. The molecule has 200 valence electrons. The van der Waals surface area contributed by atoms with Gasteiger partial charge in [-0.2, -0.15) is 0 Å². The number of halogens is 1. The molecular formula is C25H20ClN5O6S2. The average Bonchev–Trinajstić information content (AvgIpc) is 3.51. The standard InChI is InChI=1S/C25H20ClN5O6S2/c1-14-2-8-18(37-14)13-27-16-5-9-19-20(12-16)29-25(34)31(23(19)32)17-6-3-15(4-7-17)28-24(33)30-39(35,36)22-11-10-21(26)38-22/h2-12,27H,13H2,1H3,(H,29,34)(H2,28,30,33). The lowest BCUT2D eigenvalue weighted by molar-refractivity contribution is 0.256. The van der Waals surface area contributed by atoms with Crippen molar-refractivity contribution in [1.29, 1.82) is 0 Å². The number of H-pyrrole nitrogens is 1. The number of urea groups is 1. The number of fused-ring (bicyclic) bond motifs is 1. The fourth-order valence-electron chi connectivity index (χ4n) is 3.80. The summed E-state index contributed by atoms with van der Waals surface area (Å²) < 4.78 is 33.1. The quantitative estimate of drug-likeness (QED) is 0.220. The number of anilines is 2. The minimum atomic E-state index is -4.09. The summed E-state index contributed by atoms with van der Waals surface area (Å²) in [6, 6.07) is 16.2. The van der Waals surface area contributed by atoms with E-state index in [1.807, 2.05) is 23.8 Å². The summed E-state index contributed by atoms with van der Waals surface area (Å²) in [6.07, 6.45) is 0. The van der Waals surface area contributed by atoms with E-state index in [1.54, 1.807) is 18.2 Å². The summed E-state index contributed by atoms with van der Waals surface area (Å²) in [5, 5.41) is 5.89. The van der Waals surface area contributed by atoms with Gasteiger partial charge < -0.3 is 20.0 Å². The normalized spacial score (nSPS) is 11.4. The van der Waals surface area contributed by atoms with Gasteiger partial charge in [0.25, 0.3) is 15.6 Å². The van der Waals surface area contributed by atoms with Gasteiger partial charge in [-0.05, 0) is 73.7 Å². The molecule has 0 saturated carbocycles. The fourth-order valence-corrected chi connectivity index (χ4v) is 6.19. The summed E-state index contributed by atoms with van der Waals surface area (Å²) in [6.45, 7) is 2.29. The van der Waals surface area contributed by atoms with Crippen LogP contribution in [0.25, 0.3) is 16.6 Å². The Morgan fingerprint density at radius 1 is 1.03 bits per heavy atom. The number of carbonyl (C=O) groups excluding carboxylic acids is 1. The third-order valence-corrected chi connectivity index (χ3v) is 8.64.